The average molecular weight is 269 g/mol. The third kappa shape index (κ3) is 2.33. The molecular formula is C12H17BrN2. The summed E-state index contributed by atoms with van der Waals surface area (Å²) in [5, 5.41) is 1.06. The second kappa shape index (κ2) is 4.97. The van der Waals surface area contributed by atoms with Crippen LogP contribution in [0.1, 0.15) is 24.8 Å². The number of hydrogen-bond acceptors (Lipinski definition) is 2. The van der Waals surface area contributed by atoms with Gasteiger partial charge in [0.2, 0.25) is 0 Å². The fourth-order valence-electron chi connectivity index (χ4n) is 2.27. The van der Waals surface area contributed by atoms with E-state index in [9.17, 15) is 0 Å². The molecule has 1 fully saturated rings. The van der Waals surface area contributed by atoms with E-state index in [4.69, 9.17) is 0 Å². The highest BCUT2D eigenvalue weighted by Crippen LogP contribution is 2.27. The number of aryl methyl sites for hydroxylation is 1. The third-order valence-corrected chi connectivity index (χ3v) is 3.85. The van der Waals surface area contributed by atoms with Crippen molar-refractivity contribution in [2.24, 2.45) is 0 Å². The zero-order chi connectivity index (χ0) is 10.7. The highest BCUT2D eigenvalue weighted by Gasteiger charge is 2.22. The molecule has 1 aliphatic heterocycles. The number of halogens is 1. The quantitative estimate of drug-likeness (QED) is 0.767. The highest BCUT2D eigenvalue weighted by molar-refractivity contribution is 9.09. The zero-order valence-corrected chi connectivity index (χ0v) is 10.7. The lowest BCUT2D eigenvalue weighted by Gasteiger charge is -2.37. The van der Waals surface area contributed by atoms with E-state index in [0.717, 1.165) is 5.33 Å². The van der Waals surface area contributed by atoms with E-state index in [1.807, 2.05) is 12.4 Å². The molecule has 3 heteroatoms. The van der Waals surface area contributed by atoms with Crippen molar-refractivity contribution in [3.63, 3.8) is 0 Å². The van der Waals surface area contributed by atoms with Crippen molar-refractivity contribution in [3.8, 4) is 0 Å². The van der Waals surface area contributed by atoms with Crippen LogP contribution in [-0.4, -0.2) is 22.9 Å². The van der Waals surface area contributed by atoms with Crippen LogP contribution in [0, 0.1) is 6.92 Å². The van der Waals surface area contributed by atoms with Crippen LogP contribution in [0.5, 0.6) is 0 Å². The average Bonchev–Trinajstić information content (AvgIpc) is 2.30. The minimum atomic E-state index is 0.653. The molecule has 0 bridgehead atoms. The Morgan fingerprint density at radius 3 is 3.13 bits per heavy atom. The standard InChI is InChI=1S/C12H17BrN2/c1-10-9-14-6-5-12(10)15-7-3-2-4-11(15)8-13/h5-6,9,11H,2-4,7-8H2,1H3. The van der Waals surface area contributed by atoms with Gasteiger partial charge >= 0.3 is 0 Å². The first-order valence-corrected chi connectivity index (χ1v) is 6.68. The molecule has 1 aromatic rings. The summed E-state index contributed by atoms with van der Waals surface area (Å²) in [6.07, 6.45) is 7.81. The molecule has 0 saturated carbocycles. The van der Waals surface area contributed by atoms with Crippen molar-refractivity contribution >= 4 is 21.6 Å². The Balaban J connectivity index is 2.24. The van der Waals surface area contributed by atoms with E-state index in [-0.39, 0.29) is 0 Å². The van der Waals surface area contributed by atoms with E-state index in [0.29, 0.717) is 6.04 Å². The monoisotopic (exact) mass is 268 g/mol. The van der Waals surface area contributed by atoms with E-state index in [2.05, 4.69) is 38.8 Å². The predicted molar refractivity (Wildman–Crippen MR) is 67.8 cm³/mol. The molecule has 2 nitrogen and oxygen atoms in total. The van der Waals surface area contributed by atoms with Crippen molar-refractivity contribution in [2.75, 3.05) is 16.8 Å². The summed E-state index contributed by atoms with van der Waals surface area (Å²) in [6.45, 7) is 3.32. The summed E-state index contributed by atoms with van der Waals surface area (Å²) in [7, 11) is 0. The first kappa shape index (κ1) is 10.9. The minimum absolute atomic E-state index is 0.653. The van der Waals surface area contributed by atoms with Gasteiger partial charge in [0.15, 0.2) is 0 Å². The first-order chi connectivity index (χ1) is 7.33. The Morgan fingerprint density at radius 2 is 2.40 bits per heavy atom. The lowest BCUT2D eigenvalue weighted by atomic mass is 10.0. The summed E-state index contributed by atoms with van der Waals surface area (Å²) < 4.78 is 0. The topological polar surface area (TPSA) is 16.1 Å². The molecule has 1 unspecified atom stereocenters. The molecule has 1 aliphatic rings. The van der Waals surface area contributed by atoms with E-state index < -0.39 is 0 Å². The van der Waals surface area contributed by atoms with Gasteiger partial charge in [0, 0.05) is 36.0 Å². The molecule has 2 heterocycles. The number of hydrogen-bond donors (Lipinski definition) is 0. The molecule has 0 aromatic carbocycles. The number of anilines is 1. The SMILES string of the molecule is Cc1cnccc1N1CCCCC1CBr. The van der Waals surface area contributed by atoms with Gasteiger partial charge in [-0.15, -0.1) is 0 Å². The van der Waals surface area contributed by atoms with Crippen LogP contribution >= 0.6 is 15.9 Å². The molecule has 82 valence electrons. The fraction of sp³-hybridized carbons (Fsp3) is 0.583. The second-order valence-electron chi connectivity index (χ2n) is 4.16. The van der Waals surface area contributed by atoms with Gasteiger partial charge in [-0.05, 0) is 37.8 Å². The van der Waals surface area contributed by atoms with Crippen LogP contribution in [0.3, 0.4) is 0 Å². The zero-order valence-electron chi connectivity index (χ0n) is 9.12. The lowest BCUT2D eigenvalue weighted by Crippen LogP contribution is -2.41. The summed E-state index contributed by atoms with van der Waals surface area (Å²) >= 11 is 3.62. The number of nitrogens with zero attached hydrogens (tertiary/aromatic N) is 2. The smallest absolute Gasteiger partial charge is 0.0429 e. The molecule has 2 rings (SSSR count). The largest absolute Gasteiger partial charge is 0.367 e. The molecule has 15 heavy (non-hydrogen) atoms. The van der Waals surface area contributed by atoms with Gasteiger partial charge in [0.1, 0.15) is 0 Å². The van der Waals surface area contributed by atoms with E-state index >= 15 is 0 Å². The highest BCUT2D eigenvalue weighted by atomic mass is 79.9. The van der Waals surface area contributed by atoms with Gasteiger partial charge < -0.3 is 4.90 Å². The van der Waals surface area contributed by atoms with Gasteiger partial charge in [-0.25, -0.2) is 0 Å². The van der Waals surface area contributed by atoms with Crippen molar-refractivity contribution in [1.82, 2.24) is 4.98 Å². The van der Waals surface area contributed by atoms with Crippen LogP contribution in [0.2, 0.25) is 0 Å². The molecule has 1 aromatic heterocycles. The Morgan fingerprint density at radius 1 is 1.53 bits per heavy atom. The van der Waals surface area contributed by atoms with Crippen LogP contribution in [0.4, 0.5) is 5.69 Å². The number of rotatable bonds is 2. The van der Waals surface area contributed by atoms with Crippen LogP contribution in [0.25, 0.3) is 0 Å². The third-order valence-electron chi connectivity index (χ3n) is 3.11. The maximum absolute atomic E-state index is 4.15. The summed E-state index contributed by atoms with van der Waals surface area (Å²) in [4.78, 5) is 6.68. The summed E-state index contributed by atoms with van der Waals surface area (Å²) in [5.74, 6) is 0. The van der Waals surface area contributed by atoms with Crippen molar-refractivity contribution < 1.29 is 0 Å². The maximum Gasteiger partial charge on any atom is 0.0429 e. The van der Waals surface area contributed by atoms with Crippen LogP contribution < -0.4 is 4.90 Å². The molecule has 0 N–H and O–H groups in total. The van der Waals surface area contributed by atoms with Crippen molar-refractivity contribution in [3.05, 3.63) is 24.0 Å². The molecule has 0 aliphatic carbocycles. The minimum Gasteiger partial charge on any atom is -0.367 e. The van der Waals surface area contributed by atoms with Crippen molar-refractivity contribution in [2.45, 2.75) is 32.2 Å². The predicted octanol–water partition coefficient (Wildman–Crippen LogP) is 3.14. The molecule has 1 atom stereocenters. The molecule has 1 saturated heterocycles. The Labute approximate surface area is 99.8 Å². The number of pyridine rings is 1. The van der Waals surface area contributed by atoms with Gasteiger partial charge in [0.25, 0.3) is 0 Å². The molecule has 0 spiro atoms. The van der Waals surface area contributed by atoms with Crippen LogP contribution in [-0.2, 0) is 0 Å². The molecule has 0 amide bonds. The number of aromatic nitrogens is 1. The Hall–Kier alpha value is -0.570. The van der Waals surface area contributed by atoms with E-state index in [1.54, 1.807) is 0 Å². The number of alkyl halides is 1. The second-order valence-corrected chi connectivity index (χ2v) is 4.81. The van der Waals surface area contributed by atoms with Gasteiger partial charge in [0.05, 0.1) is 0 Å². The number of piperidine rings is 1. The molecular weight excluding hydrogens is 252 g/mol. The molecule has 0 radical (unpaired) electrons. The normalized spacial score (nSPS) is 21.7. The summed E-state index contributed by atoms with van der Waals surface area (Å²) in [5.41, 5.74) is 2.64. The van der Waals surface area contributed by atoms with E-state index in [1.165, 1.54) is 37.1 Å². The Bertz CT molecular complexity index is 327. The fourth-order valence-corrected chi connectivity index (χ4v) is 2.94. The Kier molecular flexibility index (Phi) is 3.62. The first-order valence-electron chi connectivity index (χ1n) is 5.56. The van der Waals surface area contributed by atoms with Crippen molar-refractivity contribution in [1.29, 1.82) is 0 Å². The van der Waals surface area contributed by atoms with Gasteiger partial charge in [-0.2, -0.15) is 0 Å². The van der Waals surface area contributed by atoms with Gasteiger partial charge in [-0.3, -0.25) is 4.98 Å². The maximum atomic E-state index is 4.15. The van der Waals surface area contributed by atoms with Gasteiger partial charge in [-0.1, -0.05) is 15.9 Å². The lowest BCUT2D eigenvalue weighted by molar-refractivity contribution is 0.490. The van der Waals surface area contributed by atoms with Crippen LogP contribution in [0.15, 0.2) is 18.5 Å². The summed E-state index contributed by atoms with van der Waals surface area (Å²) in [6, 6.07) is 2.79.